The number of rotatable bonds is 7. The Kier molecular flexibility index (Phi) is 8.02. The van der Waals surface area contributed by atoms with Gasteiger partial charge in [0.05, 0.1) is 26.1 Å². The molecule has 3 heterocycles. The lowest BCUT2D eigenvalue weighted by Gasteiger charge is -2.52. The van der Waals surface area contributed by atoms with Crippen molar-refractivity contribution in [3.05, 3.63) is 107 Å². The first kappa shape index (κ1) is 25.5. The molecule has 6 rings (SSSR count). The minimum atomic E-state index is -0.840. The van der Waals surface area contributed by atoms with E-state index in [0.717, 1.165) is 43.5 Å². The number of esters is 1. The van der Waals surface area contributed by atoms with E-state index in [-0.39, 0.29) is 28.9 Å². The minimum Gasteiger partial charge on any atom is -1.00 e. The number of piperidine rings is 3. The van der Waals surface area contributed by atoms with Crippen LogP contribution in [0.4, 0.5) is 8.78 Å². The quantitative estimate of drug-likeness (QED) is 0.339. The largest absolute Gasteiger partial charge is 1.00 e. The summed E-state index contributed by atoms with van der Waals surface area (Å²) in [6, 6.07) is 22.5. The maximum Gasteiger partial charge on any atom is 0.307 e. The van der Waals surface area contributed by atoms with E-state index in [1.165, 1.54) is 29.8 Å². The summed E-state index contributed by atoms with van der Waals surface area (Å²) in [6.45, 7) is 4.27. The molecule has 3 aromatic rings. The lowest BCUT2D eigenvalue weighted by Crippen LogP contribution is -3.00. The highest BCUT2D eigenvalue weighted by Gasteiger charge is 2.46. The Hall–Kier alpha value is -2.57. The van der Waals surface area contributed by atoms with Gasteiger partial charge in [0.1, 0.15) is 18.2 Å². The summed E-state index contributed by atoms with van der Waals surface area (Å²) in [5.74, 6) is -0.348. The van der Waals surface area contributed by atoms with Crippen molar-refractivity contribution in [2.45, 2.75) is 31.9 Å². The number of fused-ring (bicyclic) bond motifs is 3. The third kappa shape index (κ3) is 5.99. The molecule has 0 amide bonds. The van der Waals surface area contributed by atoms with Gasteiger partial charge < -0.3 is 26.2 Å². The number of benzene rings is 3. The van der Waals surface area contributed by atoms with E-state index in [0.29, 0.717) is 23.5 Å². The van der Waals surface area contributed by atoms with Crippen LogP contribution < -0.4 is 17.0 Å². The first-order chi connectivity index (χ1) is 16.5. The Morgan fingerprint density at radius 2 is 1.49 bits per heavy atom. The van der Waals surface area contributed by atoms with Gasteiger partial charge in [-0.25, -0.2) is 8.78 Å². The predicted octanol–water partition coefficient (Wildman–Crippen LogP) is 3.05. The summed E-state index contributed by atoms with van der Waals surface area (Å²) in [5, 5.41) is 0. The lowest BCUT2D eigenvalue weighted by atomic mass is 9.75. The second-order valence-corrected chi connectivity index (χ2v) is 9.90. The number of hydrogen-bond acceptors (Lipinski definition) is 2. The molecular weight excluding hydrogens is 512 g/mol. The Labute approximate surface area is 216 Å². The third-order valence-electron chi connectivity index (χ3n) is 7.58. The molecule has 184 valence electrons. The van der Waals surface area contributed by atoms with E-state index >= 15 is 0 Å². The zero-order valence-electron chi connectivity index (χ0n) is 19.6. The van der Waals surface area contributed by atoms with Gasteiger partial charge in [0.2, 0.25) is 0 Å². The highest BCUT2D eigenvalue weighted by Crippen LogP contribution is 2.41. The monoisotopic (exact) mass is 541 g/mol. The average molecular weight is 542 g/mol. The van der Waals surface area contributed by atoms with Crippen LogP contribution in [0.2, 0.25) is 0 Å². The number of halogens is 3. The van der Waals surface area contributed by atoms with E-state index in [1.807, 2.05) is 6.07 Å². The number of quaternary nitrogens is 1. The van der Waals surface area contributed by atoms with Gasteiger partial charge in [0.15, 0.2) is 6.10 Å². The maximum atomic E-state index is 13.9. The molecule has 3 nitrogen and oxygen atoms in total. The molecule has 3 aromatic carbocycles. The average Bonchev–Trinajstić information content (AvgIpc) is 2.83. The lowest BCUT2D eigenvalue weighted by molar-refractivity contribution is -0.959. The summed E-state index contributed by atoms with van der Waals surface area (Å²) in [5.41, 5.74) is 2.34. The highest BCUT2D eigenvalue weighted by atomic mass is 79.9. The Morgan fingerprint density at radius 1 is 0.886 bits per heavy atom. The molecule has 0 unspecified atom stereocenters. The predicted molar refractivity (Wildman–Crippen MR) is 127 cm³/mol. The smallest absolute Gasteiger partial charge is 0.307 e. The fraction of sp³-hybridized carbons (Fsp3) is 0.345. The highest BCUT2D eigenvalue weighted by molar-refractivity contribution is 5.70. The van der Waals surface area contributed by atoms with Gasteiger partial charge in [-0.15, -0.1) is 0 Å². The van der Waals surface area contributed by atoms with Crippen molar-refractivity contribution in [2.75, 3.05) is 19.6 Å². The summed E-state index contributed by atoms with van der Waals surface area (Å²) in [4.78, 5) is 13.2. The molecule has 0 aliphatic carbocycles. The van der Waals surface area contributed by atoms with Crippen molar-refractivity contribution in [1.29, 1.82) is 0 Å². The van der Waals surface area contributed by atoms with Crippen LogP contribution in [0.5, 0.6) is 0 Å². The molecular formula is C29H30BrF2NO2. The van der Waals surface area contributed by atoms with Crippen molar-refractivity contribution in [3.8, 4) is 0 Å². The molecule has 0 aromatic heterocycles. The maximum absolute atomic E-state index is 13.9. The number of ether oxygens (including phenoxy) is 1. The number of nitrogens with zero attached hydrogens (tertiary/aromatic N) is 1. The Balaban J connectivity index is 0.00000289. The van der Waals surface area contributed by atoms with E-state index in [9.17, 15) is 13.6 Å². The second kappa shape index (κ2) is 11.0. The van der Waals surface area contributed by atoms with E-state index in [4.69, 9.17) is 4.74 Å². The summed E-state index contributed by atoms with van der Waals surface area (Å²) in [6.07, 6.45) is 1.75. The molecule has 0 radical (unpaired) electrons. The van der Waals surface area contributed by atoms with Crippen LogP contribution in [0, 0.1) is 23.5 Å². The van der Waals surface area contributed by atoms with Gasteiger partial charge in [0.25, 0.3) is 0 Å². The summed E-state index contributed by atoms with van der Waals surface area (Å²) in [7, 11) is 0. The van der Waals surface area contributed by atoms with Gasteiger partial charge in [-0.05, 0) is 41.3 Å². The Morgan fingerprint density at radius 3 is 2.06 bits per heavy atom. The van der Waals surface area contributed by atoms with Crippen molar-refractivity contribution in [3.63, 3.8) is 0 Å². The molecule has 3 aliphatic heterocycles. The molecule has 1 atom stereocenters. The standard InChI is InChI=1S/C29H30F2NO2.BrH/c30-26-10-4-8-23(16-26)29(24-9-5-11-27(31)17-24)34-28(33)18-25-20-32(14-12-22(25)13-15-32)19-21-6-2-1-3-7-21;/h1-11,16-17,22,25,29H,12-15,18-20H2;1H/q+1;/p-1/t22?,25-,32?;/m0./s1. The van der Waals surface area contributed by atoms with Crippen LogP contribution in [0.3, 0.4) is 0 Å². The summed E-state index contributed by atoms with van der Waals surface area (Å²) >= 11 is 0. The van der Waals surface area contributed by atoms with Gasteiger partial charge in [0, 0.05) is 24.3 Å². The fourth-order valence-electron chi connectivity index (χ4n) is 5.92. The van der Waals surface area contributed by atoms with Crippen molar-refractivity contribution in [1.82, 2.24) is 0 Å². The first-order valence-corrected chi connectivity index (χ1v) is 12.1. The zero-order chi connectivity index (χ0) is 23.5. The van der Waals surface area contributed by atoms with Crippen LogP contribution in [0.15, 0.2) is 78.9 Å². The summed E-state index contributed by atoms with van der Waals surface area (Å²) < 4.78 is 34.8. The number of hydrogen-bond donors (Lipinski definition) is 0. The molecule has 35 heavy (non-hydrogen) atoms. The van der Waals surface area contributed by atoms with Crippen molar-refractivity contribution < 1.29 is 39.8 Å². The van der Waals surface area contributed by atoms with Crippen LogP contribution in [-0.4, -0.2) is 30.1 Å². The number of carbonyl (C=O) groups is 1. The molecule has 0 spiro atoms. The van der Waals surface area contributed by atoms with Crippen LogP contribution >= 0.6 is 0 Å². The fourth-order valence-corrected chi connectivity index (χ4v) is 5.92. The van der Waals surface area contributed by atoms with Crippen molar-refractivity contribution in [2.24, 2.45) is 11.8 Å². The third-order valence-corrected chi connectivity index (χ3v) is 7.58. The van der Waals surface area contributed by atoms with Crippen LogP contribution in [0.1, 0.15) is 42.1 Å². The molecule has 0 N–H and O–H groups in total. The van der Waals surface area contributed by atoms with Gasteiger partial charge in [-0.1, -0.05) is 54.6 Å². The second-order valence-electron chi connectivity index (χ2n) is 9.90. The molecule has 0 saturated carbocycles. The molecule has 2 bridgehead atoms. The molecule has 3 fully saturated rings. The Bertz CT molecular complexity index is 1100. The van der Waals surface area contributed by atoms with Gasteiger partial charge in [-0.2, -0.15) is 0 Å². The SMILES string of the molecule is O=C(C[C@H]1C[N+]2(Cc3ccccc3)CCC1CC2)OC(c1cccc(F)c1)c1cccc(F)c1.[Br-]. The molecule has 3 aliphatic rings. The number of carbonyl (C=O) groups excluding carboxylic acids is 1. The first-order valence-electron chi connectivity index (χ1n) is 12.1. The zero-order valence-corrected chi connectivity index (χ0v) is 21.2. The molecule has 3 saturated heterocycles. The van der Waals surface area contributed by atoms with E-state index in [2.05, 4.69) is 24.3 Å². The normalized spacial score (nSPS) is 23.1. The van der Waals surface area contributed by atoms with Gasteiger partial charge in [-0.3, -0.25) is 4.79 Å². The topological polar surface area (TPSA) is 26.3 Å². The van der Waals surface area contributed by atoms with E-state index < -0.39 is 17.7 Å². The van der Waals surface area contributed by atoms with Crippen LogP contribution in [-0.2, 0) is 16.1 Å². The van der Waals surface area contributed by atoms with Crippen LogP contribution in [0.25, 0.3) is 0 Å². The van der Waals surface area contributed by atoms with Crippen molar-refractivity contribution >= 4 is 5.97 Å². The minimum absolute atomic E-state index is 0. The van der Waals surface area contributed by atoms with Gasteiger partial charge >= 0.3 is 5.97 Å². The molecule has 6 heteroatoms. The van der Waals surface area contributed by atoms with E-state index in [1.54, 1.807) is 24.3 Å².